The van der Waals surface area contributed by atoms with Crippen LogP contribution in [0.3, 0.4) is 0 Å². The number of aromatic amines is 1. The molecule has 7 nitrogen and oxygen atoms in total. The van der Waals surface area contributed by atoms with E-state index in [0.717, 1.165) is 24.8 Å². The maximum absolute atomic E-state index is 14.6. The third-order valence-corrected chi connectivity index (χ3v) is 5.31. The van der Waals surface area contributed by atoms with Crippen molar-refractivity contribution in [2.24, 2.45) is 0 Å². The van der Waals surface area contributed by atoms with E-state index in [1.54, 1.807) is 31.2 Å². The number of halogens is 3. The van der Waals surface area contributed by atoms with Crippen molar-refractivity contribution in [1.29, 1.82) is 0 Å². The summed E-state index contributed by atoms with van der Waals surface area (Å²) in [5, 5.41) is 14.3. The Labute approximate surface area is 188 Å². The Balaban J connectivity index is 1.52. The summed E-state index contributed by atoms with van der Waals surface area (Å²) < 4.78 is 29.3. The van der Waals surface area contributed by atoms with Gasteiger partial charge in [0.05, 0.1) is 0 Å². The van der Waals surface area contributed by atoms with E-state index in [-0.39, 0.29) is 11.7 Å². The van der Waals surface area contributed by atoms with Crippen LogP contribution in [-0.2, 0) is 0 Å². The Hall–Kier alpha value is -3.33. The lowest BCUT2D eigenvalue weighted by Crippen LogP contribution is -2.04. The number of aromatic nitrogens is 6. The lowest BCUT2D eigenvalue weighted by atomic mass is 9.93. The number of hydrogen-bond acceptors (Lipinski definition) is 5. The molecule has 2 aromatic carbocycles. The molecule has 0 saturated heterocycles. The summed E-state index contributed by atoms with van der Waals surface area (Å²) in [6, 6.07) is 11.0. The van der Waals surface area contributed by atoms with Crippen LogP contribution >= 0.6 is 11.6 Å². The van der Waals surface area contributed by atoms with Gasteiger partial charge in [0, 0.05) is 17.5 Å². The molecule has 0 bridgehead atoms. The van der Waals surface area contributed by atoms with Crippen LogP contribution in [0.2, 0.25) is 0 Å². The summed E-state index contributed by atoms with van der Waals surface area (Å²) in [7, 11) is 0. The number of alkyl halides is 1. The maximum atomic E-state index is 14.6. The van der Waals surface area contributed by atoms with Crippen LogP contribution < -0.4 is 5.32 Å². The molecule has 0 saturated carbocycles. The summed E-state index contributed by atoms with van der Waals surface area (Å²) in [5.74, 6) is 1.26. The molecule has 10 heteroatoms. The summed E-state index contributed by atoms with van der Waals surface area (Å²) >= 11 is 5.82. The van der Waals surface area contributed by atoms with Crippen molar-refractivity contribution in [1.82, 2.24) is 29.9 Å². The van der Waals surface area contributed by atoms with Crippen LogP contribution in [0.4, 0.5) is 20.4 Å². The first-order valence-electron chi connectivity index (χ1n) is 10.2. The molecular weight excluding hydrogens is 436 g/mol. The highest BCUT2D eigenvalue weighted by Gasteiger charge is 2.19. The minimum Gasteiger partial charge on any atom is -0.323 e. The highest BCUT2D eigenvalue weighted by Crippen LogP contribution is 2.29. The van der Waals surface area contributed by atoms with Crippen LogP contribution in [0.25, 0.3) is 5.69 Å². The largest absolute Gasteiger partial charge is 0.323 e. The van der Waals surface area contributed by atoms with Crippen LogP contribution in [0, 0.1) is 18.6 Å². The van der Waals surface area contributed by atoms with Gasteiger partial charge in [0.25, 0.3) is 0 Å². The zero-order valence-electron chi connectivity index (χ0n) is 17.4. The Morgan fingerprint density at radius 1 is 1.12 bits per heavy atom. The van der Waals surface area contributed by atoms with Crippen molar-refractivity contribution < 1.29 is 8.78 Å². The number of anilines is 2. The van der Waals surface area contributed by atoms with Crippen molar-refractivity contribution in [3.8, 4) is 5.69 Å². The van der Waals surface area contributed by atoms with Gasteiger partial charge < -0.3 is 5.32 Å². The Morgan fingerprint density at radius 2 is 1.94 bits per heavy atom. The molecular formula is C22H22ClF2N7. The van der Waals surface area contributed by atoms with Gasteiger partial charge in [0.15, 0.2) is 5.82 Å². The third-order valence-electron chi connectivity index (χ3n) is 5.04. The number of benzene rings is 2. The molecule has 2 aromatic heterocycles. The SMILES string of the molecule is Cc1ncn(-c2ccc(Nc3n[nH]c(C(CCCCCl)c4ccc(F)cc4)n3)cc2F)n1. The minimum absolute atomic E-state index is 0.0865. The molecule has 0 amide bonds. The Morgan fingerprint density at radius 3 is 2.62 bits per heavy atom. The molecule has 32 heavy (non-hydrogen) atoms. The fourth-order valence-corrected chi connectivity index (χ4v) is 3.64. The number of H-pyrrole nitrogens is 1. The van der Waals surface area contributed by atoms with Crippen LogP contribution in [0.1, 0.15) is 42.4 Å². The van der Waals surface area contributed by atoms with Gasteiger partial charge in [-0.15, -0.1) is 16.7 Å². The van der Waals surface area contributed by atoms with Crippen LogP contribution in [0.15, 0.2) is 48.8 Å². The molecule has 0 aliphatic heterocycles. The van der Waals surface area contributed by atoms with Gasteiger partial charge in [-0.3, -0.25) is 5.10 Å². The third kappa shape index (κ3) is 5.11. The van der Waals surface area contributed by atoms with E-state index in [2.05, 4.69) is 30.6 Å². The highest BCUT2D eigenvalue weighted by atomic mass is 35.5. The second-order valence-electron chi connectivity index (χ2n) is 7.36. The van der Waals surface area contributed by atoms with E-state index in [9.17, 15) is 8.78 Å². The van der Waals surface area contributed by atoms with Crippen molar-refractivity contribution in [3.05, 3.63) is 77.6 Å². The molecule has 0 aliphatic carbocycles. The molecule has 1 unspecified atom stereocenters. The minimum atomic E-state index is -0.457. The van der Waals surface area contributed by atoms with E-state index < -0.39 is 5.82 Å². The van der Waals surface area contributed by atoms with E-state index >= 15 is 0 Å². The maximum Gasteiger partial charge on any atom is 0.246 e. The summed E-state index contributed by atoms with van der Waals surface area (Å²) in [6.45, 7) is 1.74. The van der Waals surface area contributed by atoms with E-state index in [1.165, 1.54) is 29.2 Å². The summed E-state index contributed by atoms with van der Waals surface area (Å²) in [5.41, 5.74) is 1.72. The van der Waals surface area contributed by atoms with Crippen molar-refractivity contribution >= 4 is 23.2 Å². The average Bonchev–Trinajstić information content (AvgIpc) is 3.41. The molecule has 1 atom stereocenters. The number of rotatable bonds is 9. The van der Waals surface area contributed by atoms with Crippen LogP contribution in [-0.4, -0.2) is 35.8 Å². The fraction of sp³-hybridized carbons (Fsp3) is 0.273. The number of hydrogen-bond donors (Lipinski definition) is 2. The fourth-order valence-electron chi connectivity index (χ4n) is 3.45. The Bertz CT molecular complexity index is 1170. The lowest BCUT2D eigenvalue weighted by Gasteiger charge is -2.14. The summed E-state index contributed by atoms with van der Waals surface area (Å²) in [6.07, 6.45) is 4.01. The first-order chi connectivity index (χ1) is 15.5. The second kappa shape index (κ2) is 9.86. The van der Waals surface area contributed by atoms with Gasteiger partial charge >= 0.3 is 0 Å². The lowest BCUT2D eigenvalue weighted by molar-refractivity contribution is 0.610. The zero-order valence-corrected chi connectivity index (χ0v) is 18.2. The predicted octanol–water partition coefficient (Wildman–Crippen LogP) is 5.26. The van der Waals surface area contributed by atoms with Gasteiger partial charge in [-0.2, -0.15) is 10.1 Å². The van der Waals surface area contributed by atoms with E-state index in [4.69, 9.17) is 11.6 Å². The quantitative estimate of drug-likeness (QED) is 0.264. The summed E-state index contributed by atoms with van der Waals surface area (Å²) in [4.78, 5) is 8.56. The number of aryl methyl sites for hydroxylation is 1. The Kier molecular flexibility index (Phi) is 6.75. The normalized spacial score (nSPS) is 12.1. The van der Waals surface area contributed by atoms with Gasteiger partial charge in [-0.05, 0) is 55.7 Å². The van der Waals surface area contributed by atoms with Crippen molar-refractivity contribution in [2.45, 2.75) is 32.1 Å². The van der Waals surface area contributed by atoms with Gasteiger partial charge in [0.2, 0.25) is 5.95 Å². The first kappa shape index (κ1) is 21.9. The topological polar surface area (TPSA) is 84.3 Å². The average molecular weight is 458 g/mol. The molecule has 0 aliphatic rings. The van der Waals surface area contributed by atoms with Gasteiger partial charge in [0.1, 0.15) is 29.5 Å². The monoisotopic (exact) mass is 457 g/mol. The van der Waals surface area contributed by atoms with Gasteiger partial charge in [-0.1, -0.05) is 18.6 Å². The van der Waals surface area contributed by atoms with E-state index in [0.29, 0.717) is 34.9 Å². The molecule has 0 fully saturated rings. The number of nitrogens with one attached hydrogen (secondary N) is 2. The zero-order chi connectivity index (χ0) is 22.5. The van der Waals surface area contributed by atoms with Crippen molar-refractivity contribution in [2.75, 3.05) is 11.2 Å². The first-order valence-corrected chi connectivity index (χ1v) is 10.8. The van der Waals surface area contributed by atoms with Crippen molar-refractivity contribution in [3.63, 3.8) is 0 Å². The molecule has 2 N–H and O–H groups in total. The highest BCUT2D eigenvalue weighted by molar-refractivity contribution is 6.17. The molecule has 0 radical (unpaired) electrons. The van der Waals surface area contributed by atoms with Crippen LogP contribution in [0.5, 0.6) is 0 Å². The predicted molar refractivity (Wildman–Crippen MR) is 119 cm³/mol. The molecule has 4 aromatic rings. The number of nitrogens with zero attached hydrogens (tertiary/aromatic N) is 5. The molecule has 0 spiro atoms. The molecule has 4 rings (SSSR count). The number of unbranched alkanes of at least 4 members (excludes halogenated alkanes) is 1. The molecule has 2 heterocycles. The molecule has 166 valence electrons. The van der Waals surface area contributed by atoms with Gasteiger partial charge in [-0.25, -0.2) is 18.4 Å². The van der Waals surface area contributed by atoms with E-state index in [1.807, 2.05) is 0 Å². The smallest absolute Gasteiger partial charge is 0.246 e. The second-order valence-corrected chi connectivity index (χ2v) is 7.74. The standard InChI is InChI=1S/C22H22ClF2N7/c1-14-26-13-32(31-14)20-10-9-17(12-19(20)25)27-22-28-21(29-30-22)18(4-2-3-11-23)15-5-7-16(24)8-6-15/h5-10,12-13,18H,2-4,11H2,1H3,(H2,27,28,29,30).